The number of halogens is 1. The summed E-state index contributed by atoms with van der Waals surface area (Å²) in [5, 5.41) is 9.60. The number of rotatable bonds is 4. The first-order chi connectivity index (χ1) is 8.97. The summed E-state index contributed by atoms with van der Waals surface area (Å²) in [5.41, 5.74) is 2.14. The van der Waals surface area contributed by atoms with E-state index in [1.54, 1.807) is 6.92 Å². The molecular weight excluding hydrogens is 304 g/mol. The van der Waals surface area contributed by atoms with Crippen molar-refractivity contribution in [2.24, 2.45) is 5.92 Å². The lowest BCUT2D eigenvalue weighted by molar-refractivity contribution is 0.199. The molecule has 0 aromatic heterocycles. The number of aliphatic hydroxyl groups excluding tert-OH is 1. The molecule has 0 saturated carbocycles. The molecule has 0 radical (unpaired) electrons. The third-order valence-electron chi connectivity index (χ3n) is 3.89. The van der Waals surface area contributed by atoms with Crippen molar-refractivity contribution in [3.8, 4) is 0 Å². The zero-order valence-electron chi connectivity index (χ0n) is 11.9. The number of anilines is 1. The summed E-state index contributed by atoms with van der Waals surface area (Å²) in [6.45, 7) is 5.27. The van der Waals surface area contributed by atoms with Gasteiger partial charge in [-0.3, -0.25) is 0 Å². The van der Waals surface area contributed by atoms with E-state index in [1.807, 2.05) is 12.1 Å². The minimum atomic E-state index is -0.417. The lowest BCUT2D eigenvalue weighted by Gasteiger charge is -2.25. The summed E-state index contributed by atoms with van der Waals surface area (Å²) in [6, 6.07) is 6.10. The van der Waals surface area contributed by atoms with Crippen molar-refractivity contribution >= 4 is 21.6 Å². The summed E-state index contributed by atoms with van der Waals surface area (Å²) in [5.74, 6) is 0.748. The number of aliphatic hydroxyl groups is 1. The Morgan fingerprint density at radius 1 is 1.53 bits per heavy atom. The number of nitrogens with zero attached hydrogens (tertiary/aromatic N) is 2. The van der Waals surface area contributed by atoms with Crippen LogP contribution >= 0.6 is 15.9 Å². The van der Waals surface area contributed by atoms with Crippen molar-refractivity contribution in [3.05, 3.63) is 28.2 Å². The number of hydrogen-bond acceptors (Lipinski definition) is 3. The van der Waals surface area contributed by atoms with Crippen LogP contribution in [-0.4, -0.2) is 43.7 Å². The average molecular weight is 327 g/mol. The number of hydrogen-bond donors (Lipinski definition) is 1. The van der Waals surface area contributed by atoms with Gasteiger partial charge in [-0.1, -0.05) is 6.07 Å². The smallest absolute Gasteiger partial charge is 0.0762 e. The summed E-state index contributed by atoms with van der Waals surface area (Å²) in [4.78, 5) is 4.70. The highest BCUT2D eigenvalue weighted by Gasteiger charge is 2.21. The van der Waals surface area contributed by atoms with E-state index in [-0.39, 0.29) is 0 Å². The first-order valence-corrected chi connectivity index (χ1v) is 7.64. The van der Waals surface area contributed by atoms with E-state index in [9.17, 15) is 5.11 Å². The normalized spacial score (nSPS) is 21.6. The Bertz CT molecular complexity index is 436. The van der Waals surface area contributed by atoms with E-state index in [1.165, 1.54) is 25.2 Å². The monoisotopic (exact) mass is 326 g/mol. The van der Waals surface area contributed by atoms with Gasteiger partial charge in [-0.2, -0.15) is 0 Å². The Morgan fingerprint density at radius 2 is 2.26 bits per heavy atom. The molecule has 106 valence electrons. The minimum Gasteiger partial charge on any atom is -0.389 e. The first-order valence-electron chi connectivity index (χ1n) is 6.84. The third kappa shape index (κ3) is 3.71. The van der Waals surface area contributed by atoms with E-state index in [4.69, 9.17) is 0 Å². The van der Waals surface area contributed by atoms with Gasteiger partial charge in [0.25, 0.3) is 0 Å². The zero-order chi connectivity index (χ0) is 14.0. The van der Waals surface area contributed by atoms with Crippen LogP contribution in [-0.2, 0) is 0 Å². The van der Waals surface area contributed by atoms with Crippen LogP contribution in [0.3, 0.4) is 0 Å². The van der Waals surface area contributed by atoms with Crippen LogP contribution in [0.4, 0.5) is 5.69 Å². The Kier molecular flexibility index (Phi) is 4.87. The lowest BCUT2D eigenvalue weighted by atomic mass is 10.1. The fourth-order valence-electron chi connectivity index (χ4n) is 2.75. The molecule has 2 atom stereocenters. The largest absolute Gasteiger partial charge is 0.389 e. The highest BCUT2D eigenvalue weighted by Crippen LogP contribution is 2.30. The van der Waals surface area contributed by atoms with Crippen LogP contribution in [0.1, 0.15) is 25.0 Å². The molecular formula is C15H23BrN2O. The van der Waals surface area contributed by atoms with Crippen LogP contribution in [0.5, 0.6) is 0 Å². The molecule has 1 aliphatic rings. The lowest BCUT2D eigenvalue weighted by Crippen LogP contribution is -2.27. The molecule has 1 fully saturated rings. The van der Waals surface area contributed by atoms with Crippen LogP contribution in [0.2, 0.25) is 0 Å². The second-order valence-electron chi connectivity index (χ2n) is 5.68. The molecule has 2 rings (SSSR count). The maximum atomic E-state index is 9.60. The zero-order valence-corrected chi connectivity index (χ0v) is 13.5. The summed E-state index contributed by atoms with van der Waals surface area (Å²) >= 11 is 3.61. The highest BCUT2D eigenvalue weighted by atomic mass is 79.9. The predicted molar refractivity (Wildman–Crippen MR) is 83.6 cm³/mol. The molecule has 1 saturated heterocycles. The van der Waals surface area contributed by atoms with Crippen molar-refractivity contribution < 1.29 is 5.11 Å². The summed E-state index contributed by atoms with van der Waals surface area (Å²) in [6.07, 6.45) is 0.864. The van der Waals surface area contributed by atoms with Crippen LogP contribution in [0, 0.1) is 5.92 Å². The molecule has 0 bridgehead atoms. The van der Waals surface area contributed by atoms with E-state index in [0.29, 0.717) is 0 Å². The number of likely N-dealkylation sites (tertiary alicyclic amines) is 1. The van der Waals surface area contributed by atoms with Gasteiger partial charge in [0.05, 0.1) is 11.8 Å². The molecule has 2 unspecified atom stereocenters. The van der Waals surface area contributed by atoms with Gasteiger partial charge in [-0.25, -0.2) is 0 Å². The Morgan fingerprint density at radius 3 is 2.79 bits per heavy atom. The highest BCUT2D eigenvalue weighted by molar-refractivity contribution is 9.10. The molecule has 4 heteroatoms. The Hall–Kier alpha value is -0.580. The van der Waals surface area contributed by atoms with Gasteiger partial charge < -0.3 is 14.9 Å². The molecule has 0 aliphatic carbocycles. The van der Waals surface area contributed by atoms with Gasteiger partial charge in [-0.15, -0.1) is 0 Å². The molecule has 3 nitrogen and oxygen atoms in total. The van der Waals surface area contributed by atoms with Crippen LogP contribution in [0.25, 0.3) is 0 Å². The maximum absolute atomic E-state index is 9.60. The van der Waals surface area contributed by atoms with Crippen molar-refractivity contribution in [2.75, 3.05) is 38.6 Å². The van der Waals surface area contributed by atoms with Gasteiger partial charge in [-0.05, 0) is 66.5 Å². The van der Waals surface area contributed by atoms with E-state index < -0.39 is 6.10 Å². The predicted octanol–water partition coefficient (Wildman–Crippen LogP) is 2.89. The molecule has 1 aromatic carbocycles. The van der Waals surface area contributed by atoms with Gasteiger partial charge >= 0.3 is 0 Å². The maximum Gasteiger partial charge on any atom is 0.0762 e. The van der Waals surface area contributed by atoms with Gasteiger partial charge in [0.15, 0.2) is 0 Å². The van der Waals surface area contributed by atoms with Crippen molar-refractivity contribution in [2.45, 2.75) is 19.4 Å². The fourth-order valence-corrected chi connectivity index (χ4v) is 3.45. The summed E-state index contributed by atoms with van der Waals surface area (Å²) < 4.78 is 1.06. The quantitative estimate of drug-likeness (QED) is 0.921. The molecule has 1 N–H and O–H groups in total. The van der Waals surface area contributed by atoms with E-state index in [2.05, 4.69) is 45.9 Å². The first kappa shape index (κ1) is 14.8. The van der Waals surface area contributed by atoms with E-state index >= 15 is 0 Å². The second-order valence-corrected chi connectivity index (χ2v) is 6.54. The van der Waals surface area contributed by atoms with Crippen molar-refractivity contribution in [3.63, 3.8) is 0 Å². The van der Waals surface area contributed by atoms with Crippen molar-refractivity contribution in [1.29, 1.82) is 0 Å². The molecule has 1 heterocycles. The van der Waals surface area contributed by atoms with E-state index in [0.717, 1.165) is 22.5 Å². The molecule has 1 aromatic rings. The fraction of sp³-hybridized carbons (Fsp3) is 0.600. The minimum absolute atomic E-state index is 0.417. The average Bonchev–Trinajstić information content (AvgIpc) is 2.74. The Balaban J connectivity index is 2.04. The molecule has 19 heavy (non-hydrogen) atoms. The molecule has 1 aliphatic heterocycles. The number of benzene rings is 1. The van der Waals surface area contributed by atoms with Gasteiger partial charge in [0.2, 0.25) is 0 Å². The van der Waals surface area contributed by atoms with Gasteiger partial charge in [0, 0.05) is 24.6 Å². The second kappa shape index (κ2) is 6.25. The Labute approximate surface area is 124 Å². The van der Waals surface area contributed by atoms with Gasteiger partial charge in [0.1, 0.15) is 0 Å². The standard InChI is InChI=1S/C15H23BrN2O/c1-11(19)13-4-5-15(14(16)8-13)18(3)10-12-6-7-17(2)9-12/h4-5,8,11-12,19H,6-7,9-10H2,1-3H3. The van der Waals surface area contributed by atoms with Crippen LogP contribution < -0.4 is 4.90 Å². The van der Waals surface area contributed by atoms with Crippen molar-refractivity contribution in [1.82, 2.24) is 4.90 Å². The summed E-state index contributed by atoms with van der Waals surface area (Å²) in [7, 11) is 4.33. The third-order valence-corrected chi connectivity index (χ3v) is 4.52. The topological polar surface area (TPSA) is 26.7 Å². The molecule has 0 amide bonds. The van der Waals surface area contributed by atoms with Crippen LogP contribution in [0.15, 0.2) is 22.7 Å². The molecule has 0 spiro atoms. The SMILES string of the molecule is CC(O)c1ccc(N(C)CC2CCN(C)C2)c(Br)c1.